The number of aliphatic hydroxyl groups is 1. The topological polar surface area (TPSA) is 163 Å². The first-order valence-electron chi connectivity index (χ1n) is 13.9. The van der Waals surface area contributed by atoms with E-state index in [0.29, 0.717) is 18.2 Å². The lowest BCUT2D eigenvalue weighted by atomic mass is 9.91. The van der Waals surface area contributed by atoms with E-state index in [1.807, 2.05) is 31.2 Å². The van der Waals surface area contributed by atoms with Crippen molar-refractivity contribution >= 4 is 17.8 Å². The summed E-state index contributed by atoms with van der Waals surface area (Å²) in [6.07, 6.45) is 3.83. The van der Waals surface area contributed by atoms with Crippen LogP contribution in [0.4, 0.5) is 10.6 Å². The Morgan fingerprint density at radius 3 is 2.40 bits per heavy atom. The van der Waals surface area contributed by atoms with Gasteiger partial charge in [-0.25, -0.2) is 9.59 Å². The molecule has 40 heavy (non-hydrogen) atoms. The molecular weight excluding hydrogens is 512 g/mol. The lowest BCUT2D eigenvalue weighted by Crippen LogP contribution is -2.62. The Morgan fingerprint density at radius 1 is 1.15 bits per heavy atom. The van der Waals surface area contributed by atoms with Crippen LogP contribution in [0.25, 0.3) is 5.69 Å². The van der Waals surface area contributed by atoms with Crippen molar-refractivity contribution in [2.75, 3.05) is 44.6 Å². The lowest BCUT2D eigenvalue weighted by Gasteiger charge is -2.41. The second-order valence-corrected chi connectivity index (χ2v) is 11.4. The van der Waals surface area contributed by atoms with Gasteiger partial charge in [-0.05, 0) is 76.4 Å². The van der Waals surface area contributed by atoms with Crippen molar-refractivity contribution in [1.82, 2.24) is 24.3 Å². The van der Waals surface area contributed by atoms with Crippen molar-refractivity contribution in [2.24, 2.45) is 17.4 Å². The average Bonchev–Trinajstić information content (AvgIpc) is 2.93. The first-order valence-corrected chi connectivity index (χ1v) is 13.9. The Balaban J connectivity index is 1.33. The van der Waals surface area contributed by atoms with Gasteiger partial charge in [0.2, 0.25) is 5.91 Å². The number of nitrogens with zero attached hydrogens (tertiary/aromatic N) is 5. The monoisotopic (exact) mass is 554 g/mol. The van der Waals surface area contributed by atoms with Gasteiger partial charge in [-0.3, -0.25) is 19.6 Å². The third kappa shape index (κ3) is 6.87. The number of aliphatic hydroxyl groups excluding tert-OH is 1. The summed E-state index contributed by atoms with van der Waals surface area (Å²) in [6, 6.07) is 8.97. The number of urea groups is 1. The van der Waals surface area contributed by atoms with Gasteiger partial charge in [0.1, 0.15) is 11.4 Å². The fraction of sp³-hybridized carbons (Fsp3) is 0.571. The number of rotatable bonds is 7. The molecular formula is C28H42N8O4. The number of carbonyl (C=O) groups is 2. The second kappa shape index (κ2) is 12.5. The van der Waals surface area contributed by atoms with Crippen LogP contribution >= 0.6 is 0 Å². The predicted octanol–water partition coefficient (Wildman–Crippen LogP) is 0.566. The van der Waals surface area contributed by atoms with Crippen molar-refractivity contribution in [3.05, 3.63) is 52.6 Å². The molecule has 3 atom stereocenters. The van der Waals surface area contributed by atoms with Crippen LogP contribution in [0.2, 0.25) is 0 Å². The SMILES string of the molecule is CC1CN(C(=O)[C@@](C)(N)CO)CCN1C(=O)Nc1ccn(-c2ccc(CN3CCC([C@H](C)N)CC3)cc2)c(=O)n1. The summed E-state index contributed by atoms with van der Waals surface area (Å²) in [6.45, 7) is 8.72. The van der Waals surface area contributed by atoms with Gasteiger partial charge < -0.3 is 26.4 Å². The lowest BCUT2D eigenvalue weighted by molar-refractivity contribution is -0.140. The summed E-state index contributed by atoms with van der Waals surface area (Å²) in [5.41, 5.74) is 11.9. The highest BCUT2D eigenvalue weighted by Gasteiger charge is 2.37. The molecule has 6 N–H and O–H groups in total. The third-order valence-corrected chi connectivity index (χ3v) is 8.03. The fourth-order valence-corrected chi connectivity index (χ4v) is 5.38. The second-order valence-electron chi connectivity index (χ2n) is 11.4. The number of hydrogen-bond donors (Lipinski definition) is 4. The average molecular weight is 555 g/mol. The Hall–Kier alpha value is -3.32. The van der Waals surface area contributed by atoms with Crippen LogP contribution in [0, 0.1) is 5.92 Å². The Labute approximate surface area is 234 Å². The van der Waals surface area contributed by atoms with E-state index in [1.165, 1.54) is 17.1 Å². The molecule has 2 aromatic rings. The molecule has 0 aliphatic carbocycles. The van der Waals surface area contributed by atoms with Crippen molar-refractivity contribution < 1.29 is 14.7 Å². The molecule has 0 spiro atoms. The summed E-state index contributed by atoms with van der Waals surface area (Å²) in [7, 11) is 0. The number of nitrogens with one attached hydrogen (secondary N) is 1. The van der Waals surface area contributed by atoms with Crippen molar-refractivity contribution in [1.29, 1.82) is 0 Å². The Morgan fingerprint density at radius 2 is 1.82 bits per heavy atom. The molecule has 0 bridgehead atoms. The highest BCUT2D eigenvalue weighted by atomic mass is 16.3. The first kappa shape index (κ1) is 29.7. The van der Waals surface area contributed by atoms with E-state index in [4.69, 9.17) is 11.5 Å². The number of hydrogen-bond acceptors (Lipinski definition) is 8. The number of piperidine rings is 1. The summed E-state index contributed by atoms with van der Waals surface area (Å²) >= 11 is 0. The zero-order valence-electron chi connectivity index (χ0n) is 23.6. The van der Waals surface area contributed by atoms with Gasteiger partial charge in [0, 0.05) is 44.5 Å². The van der Waals surface area contributed by atoms with E-state index < -0.39 is 23.9 Å². The molecule has 3 amide bonds. The largest absolute Gasteiger partial charge is 0.394 e. The maximum atomic E-state index is 12.9. The zero-order chi connectivity index (χ0) is 29.0. The van der Waals surface area contributed by atoms with Gasteiger partial charge >= 0.3 is 11.7 Å². The van der Waals surface area contributed by atoms with E-state index >= 15 is 0 Å². The molecule has 12 heteroatoms. The summed E-state index contributed by atoms with van der Waals surface area (Å²) in [4.78, 5) is 47.9. The van der Waals surface area contributed by atoms with E-state index in [-0.39, 0.29) is 36.9 Å². The van der Waals surface area contributed by atoms with Crippen LogP contribution in [-0.2, 0) is 11.3 Å². The number of nitrogens with two attached hydrogens (primary N) is 2. The molecule has 1 aromatic heterocycles. The maximum absolute atomic E-state index is 12.9. The summed E-state index contributed by atoms with van der Waals surface area (Å²) in [5, 5.41) is 12.1. The number of carbonyl (C=O) groups excluding carboxylic acids is 2. The Kier molecular flexibility index (Phi) is 9.24. The van der Waals surface area contributed by atoms with Crippen LogP contribution in [0.15, 0.2) is 41.3 Å². The van der Waals surface area contributed by atoms with Gasteiger partial charge in [0.25, 0.3) is 0 Å². The van der Waals surface area contributed by atoms with E-state index in [1.54, 1.807) is 22.1 Å². The van der Waals surface area contributed by atoms with E-state index in [9.17, 15) is 19.5 Å². The minimum absolute atomic E-state index is 0.151. The number of aromatic nitrogens is 2. The van der Waals surface area contributed by atoms with Gasteiger partial charge in [0.05, 0.1) is 12.3 Å². The highest BCUT2D eigenvalue weighted by molar-refractivity contribution is 5.89. The molecule has 4 rings (SSSR count). The number of likely N-dealkylation sites (tertiary alicyclic amines) is 1. The minimum atomic E-state index is -1.36. The molecule has 2 aliphatic heterocycles. The summed E-state index contributed by atoms with van der Waals surface area (Å²) < 4.78 is 1.44. The molecule has 1 unspecified atom stereocenters. The predicted molar refractivity (Wildman–Crippen MR) is 153 cm³/mol. The fourth-order valence-electron chi connectivity index (χ4n) is 5.38. The molecule has 12 nitrogen and oxygen atoms in total. The molecule has 0 radical (unpaired) electrons. The van der Waals surface area contributed by atoms with Crippen molar-refractivity contribution in [2.45, 2.75) is 57.8 Å². The van der Waals surface area contributed by atoms with Gasteiger partial charge in [-0.1, -0.05) is 12.1 Å². The number of amides is 3. The van der Waals surface area contributed by atoms with Gasteiger partial charge in [0.15, 0.2) is 0 Å². The van der Waals surface area contributed by atoms with Gasteiger partial charge in [-0.15, -0.1) is 0 Å². The van der Waals surface area contributed by atoms with Crippen molar-refractivity contribution in [3.63, 3.8) is 0 Å². The number of anilines is 1. The molecule has 2 aliphatic rings. The number of benzene rings is 1. The normalized spacial score (nSPS) is 21.1. The van der Waals surface area contributed by atoms with Crippen LogP contribution in [-0.4, -0.2) is 98.2 Å². The number of piperazine rings is 1. The van der Waals surface area contributed by atoms with Gasteiger partial charge in [-0.2, -0.15) is 4.98 Å². The Bertz CT molecular complexity index is 1240. The molecule has 1 aromatic carbocycles. The smallest absolute Gasteiger partial charge is 0.354 e. The van der Waals surface area contributed by atoms with Crippen molar-refractivity contribution in [3.8, 4) is 5.69 Å². The van der Waals surface area contributed by atoms with Crippen LogP contribution in [0.3, 0.4) is 0 Å². The molecule has 0 saturated carbocycles. The highest BCUT2D eigenvalue weighted by Crippen LogP contribution is 2.21. The quantitative estimate of drug-likeness (QED) is 0.386. The van der Waals surface area contributed by atoms with E-state index in [0.717, 1.165) is 32.5 Å². The molecule has 3 heterocycles. The van der Waals surface area contributed by atoms with Crippen LogP contribution in [0.1, 0.15) is 39.2 Å². The zero-order valence-corrected chi connectivity index (χ0v) is 23.6. The third-order valence-electron chi connectivity index (χ3n) is 8.03. The van der Waals surface area contributed by atoms with Crippen LogP contribution < -0.4 is 22.5 Å². The molecule has 2 saturated heterocycles. The summed E-state index contributed by atoms with van der Waals surface area (Å²) in [5.74, 6) is 0.385. The molecule has 218 valence electrons. The first-order chi connectivity index (χ1) is 19.0. The standard InChI is InChI=1S/C28H42N8O4/c1-19-16-34(25(38)28(3,30)18-37)14-15-35(19)26(39)31-24-10-13-36(27(40)32-24)23-6-4-21(5-7-23)17-33-11-8-22(9-12-33)20(2)29/h4-7,10,13,19-20,22,37H,8-9,11-12,14-18,29-30H2,1-3H3,(H,31,32,39,40)/t19?,20-,28-/m0/s1. The maximum Gasteiger partial charge on any atom is 0.354 e. The van der Waals surface area contributed by atoms with E-state index in [2.05, 4.69) is 22.1 Å². The van der Waals surface area contributed by atoms with Crippen LogP contribution in [0.5, 0.6) is 0 Å². The minimum Gasteiger partial charge on any atom is -0.394 e. The molecule has 2 fully saturated rings.